The van der Waals surface area contributed by atoms with Crippen LogP contribution in [0.2, 0.25) is 5.02 Å². The van der Waals surface area contributed by atoms with Gasteiger partial charge in [-0.25, -0.2) is 4.68 Å². The van der Waals surface area contributed by atoms with Crippen LogP contribution < -0.4 is 5.32 Å². The Balaban J connectivity index is 1.83. The van der Waals surface area contributed by atoms with E-state index in [9.17, 15) is 14.7 Å². The van der Waals surface area contributed by atoms with Crippen molar-refractivity contribution in [2.75, 3.05) is 0 Å². The molecule has 1 amide bonds. The molecule has 0 aliphatic carbocycles. The maximum Gasteiger partial charge on any atom is 0.305 e. The van der Waals surface area contributed by atoms with Gasteiger partial charge in [0.05, 0.1) is 18.2 Å². The van der Waals surface area contributed by atoms with Gasteiger partial charge in [-0.2, -0.15) is 5.10 Å². The highest BCUT2D eigenvalue weighted by molar-refractivity contribution is 6.30. The van der Waals surface area contributed by atoms with Crippen molar-refractivity contribution in [3.8, 4) is 11.6 Å². The van der Waals surface area contributed by atoms with Gasteiger partial charge in [0.25, 0.3) is 5.91 Å². The number of halogens is 1. The maximum atomic E-state index is 12.6. The van der Waals surface area contributed by atoms with E-state index in [0.717, 1.165) is 0 Å². The molecule has 3 rings (SSSR count). The molecule has 0 bridgehead atoms. The Hall–Kier alpha value is -3.32. The van der Waals surface area contributed by atoms with E-state index >= 15 is 0 Å². The lowest BCUT2D eigenvalue weighted by Gasteiger charge is -2.16. The molecule has 0 radical (unpaired) electrons. The molecule has 3 N–H and O–H groups in total. The first kappa shape index (κ1) is 18.5. The van der Waals surface area contributed by atoms with Gasteiger partial charge in [0.15, 0.2) is 5.69 Å². The van der Waals surface area contributed by atoms with E-state index in [2.05, 4.69) is 10.4 Å². The Labute approximate surface area is 159 Å². The molecule has 138 valence electrons. The zero-order valence-corrected chi connectivity index (χ0v) is 14.8. The lowest BCUT2D eigenvalue weighted by molar-refractivity contribution is -0.137. The maximum absolute atomic E-state index is 12.6. The number of aliphatic carboxylic acids is 1. The number of aromatic hydroxyl groups is 1. The molecular weight excluding hydrogens is 370 g/mol. The molecule has 0 fully saturated rings. The molecule has 7 nitrogen and oxygen atoms in total. The molecule has 8 heteroatoms. The van der Waals surface area contributed by atoms with Crippen LogP contribution in [0.4, 0.5) is 0 Å². The fourth-order valence-corrected chi connectivity index (χ4v) is 2.72. The Morgan fingerprint density at radius 2 is 1.78 bits per heavy atom. The van der Waals surface area contributed by atoms with Gasteiger partial charge in [0.2, 0.25) is 5.88 Å². The summed E-state index contributed by atoms with van der Waals surface area (Å²) >= 11 is 5.86. The van der Waals surface area contributed by atoms with E-state index in [0.29, 0.717) is 16.3 Å². The quantitative estimate of drug-likeness (QED) is 0.604. The second-order valence-electron chi connectivity index (χ2n) is 5.81. The van der Waals surface area contributed by atoms with E-state index in [-0.39, 0.29) is 18.0 Å². The molecule has 1 unspecified atom stereocenters. The van der Waals surface area contributed by atoms with E-state index in [4.69, 9.17) is 16.7 Å². The first-order valence-electron chi connectivity index (χ1n) is 8.06. The van der Waals surface area contributed by atoms with Crippen molar-refractivity contribution < 1.29 is 19.8 Å². The summed E-state index contributed by atoms with van der Waals surface area (Å²) in [7, 11) is 0. The van der Waals surface area contributed by atoms with Crippen LogP contribution in [0.1, 0.15) is 28.5 Å². The summed E-state index contributed by atoms with van der Waals surface area (Å²) in [6.45, 7) is 0. The molecule has 1 atom stereocenters. The molecule has 0 aliphatic rings. The van der Waals surface area contributed by atoms with Crippen molar-refractivity contribution in [3.05, 3.63) is 76.9 Å². The summed E-state index contributed by atoms with van der Waals surface area (Å²) in [6, 6.07) is 15.8. The predicted octanol–water partition coefficient (Wildman–Crippen LogP) is 3.18. The molecular formula is C19H16ClN3O4. The van der Waals surface area contributed by atoms with Crippen molar-refractivity contribution in [2.24, 2.45) is 0 Å². The van der Waals surface area contributed by atoms with Crippen LogP contribution in [0, 0.1) is 0 Å². The normalized spacial score (nSPS) is 11.7. The second-order valence-corrected chi connectivity index (χ2v) is 6.25. The minimum atomic E-state index is -1.06. The topological polar surface area (TPSA) is 104 Å². The number of rotatable bonds is 6. The highest BCUT2D eigenvalue weighted by Crippen LogP contribution is 2.22. The van der Waals surface area contributed by atoms with Crippen LogP contribution in [0.25, 0.3) is 5.69 Å². The first-order chi connectivity index (χ1) is 12.9. The van der Waals surface area contributed by atoms with Crippen molar-refractivity contribution >= 4 is 23.5 Å². The summed E-state index contributed by atoms with van der Waals surface area (Å²) in [5.74, 6) is -1.86. The van der Waals surface area contributed by atoms with Gasteiger partial charge in [0.1, 0.15) is 0 Å². The lowest BCUT2D eigenvalue weighted by atomic mass is 10.0. The average molecular weight is 386 g/mol. The summed E-state index contributed by atoms with van der Waals surface area (Å²) in [5, 5.41) is 26.5. The van der Waals surface area contributed by atoms with Gasteiger partial charge in [-0.1, -0.05) is 41.9 Å². The summed E-state index contributed by atoms with van der Waals surface area (Å²) in [6.07, 6.45) is -0.307. The fourth-order valence-electron chi connectivity index (χ4n) is 2.60. The predicted molar refractivity (Wildman–Crippen MR) is 99.1 cm³/mol. The zero-order valence-electron chi connectivity index (χ0n) is 14.0. The van der Waals surface area contributed by atoms with Crippen molar-refractivity contribution in [2.45, 2.75) is 12.5 Å². The number of para-hydroxylation sites is 1. The monoisotopic (exact) mass is 385 g/mol. The number of carbonyl (C=O) groups is 2. The third-order valence-corrected chi connectivity index (χ3v) is 4.13. The van der Waals surface area contributed by atoms with Crippen molar-refractivity contribution in [3.63, 3.8) is 0 Å². The number of nitrogens with one attached hydrogen (secondary N) is 1. The Morgan fingerprint density at radius 3 is 2.41 bits per heavy atom. The number of hydrogen-bond donors (Lipinski definition) is 3. The first-order valence-corrected chi connectivity index (χ1v) is 8.44. The van der Waals surface area contributed by atoms with Crippen LogP contribution in [-0.4, -0.2) is 31.9 Å². The average Bonchev–Trinajstić information content (AvgIpc) is 3.04. The van der Waals surface area contributed by atoms with E-state index < -0.39 is 17.9 Å². The van der Waals surface area contributed by atoms with Crippen LogP contribution in [0.5, 0.6) is 5.88 Å². The molecule has 0 saturated carbocycles. The molecule has 0 saturated heterocycles. The van der Waals surface area contributed by atoms with Crippen LogP contribution in [0.3, 0.4) is 0 Å². The van der Waals surface area contributed by atoms with Crippen LogP contribution in [-0.2, 0) is 4.79 Å². The highest BCUT2D eigenvalue weighted by atomic mass is 35.5. The third kappa shape index (κ3) is 4.45. The molecule has 0 aliphatic heterocycles. The van der Waals surface area contributed by atoms with Gasteiger partial charge in [-0.15, -0.1) is 0 Å². The van der Waals surface area contributed by atoms with E-state index in [1.165, 1.54) is 10.7 Å². The standard InChI is InChI=1S/C19H16ClN3O4/c20-13-8-6-12(7-9-13)15(11-18(25)26)21-19(27)16-10-17(24)23(22-16)14-4-2-1-3-5-14/h1-10,15,24H,11H2,(H,21,27)(H,25,26). The van der Waals surface area contributed by atoms with E-state index in [1.54, 1.807) is 48.5 Å². The number of hydrogen-bond acceptors (Lipinski definition) is 4. The van der Waals surface area contributed by atoms with Gasteiger partial charge in [-0.05, 0) is 29.8 Å². The molecule has 3 aromatic rings. The smallest absolute Gasteiger partial charge is 0.305 e. The van der Waals surface area contributed by atoms with Crippen LogP contribution in [0.15, 0.2) is 60.7 Å². The number of carbonyl (C=O) groups excluding carboxylic acids is 1. The number of carboxylic acid groups (broad SMARTS) is 1. The second kappa shape index (κ2) is 7.92. The number of aromatic nitrogens is 2. The van der Waals surface area contributed by atoms with Crippen molar-refractivity contribution in [1.29, 1.82) is 0 Å². The Morgan fingerprint density at radius 1 is 1.11 bits per heavy atom. The SMILES string of the molecule is O=C(O)CC(NC(=O)c1cc(O)n(-c2ccccc2)n1)c1ccc(Cl)cc1. The molecule has 1 heterocycles. The molecule has 2 aromatic carbocycles. The third-order valence-electron chi connectivity index (χ3n) is 3.88. The zero-order chi connectivity index (χ0) is 19.4. The largest absolute Gasteiger partial charge is 0.493 e. The summed E-state index contributed by atoms with van der Waals surface area (Å²) in [4.78, 5) is 23.7. The number of benzene rings is 2. The number of amides is 1. The summed E-state index contributed by atoms with van der Waals surface area (Å²) in [5.41, 5.74) is 1.16. The molecule has 1 aromatic heterocycles. The highest BCUT2D eigenvalue weighted by Gasteiger charge is 2.22. The Bertz CT molecular complexity index is 955. The molecule has 27 heavy (non-hydrogen) atoms. The van der Waals surface area contributed by atoms with Gasteiger partial charge in [-0.3, -0.25) is 9.59 Å². The van der Waals surface area contributed by atoms with Crippen LogP contribution >= 0.6 is 11.6 Å². The summed E-state index contributed by atoms with van der Waals surface area (Å²) < 4.78 is 1.23. The minimum Gasteiger partial charge on any atom is -0.493 e. The number of nitrogens with zero attached hydrogens (tertiary/aromatic N) is 2. The van der Waals surface area contributed by atoms with Gasteiger partial charge < -0.3 is 15.5 Å². The Kier molecular flexibility index (Phi) is 5.42. The number of carboxylic acids is 1. The van der Waals surface area contributed by atoms with Gasteiger partial charge in [0, 0.05) is 11.1 Å². The fraction of sp³-hybridized carbons (Fsp3) is 0.105. The van der Waals surface area contributed by atoms with E-state index in [1.807, 2.05) is 6.07 Å². The van der Waals surface area contributed by atoms with Gasteiger partial charge >= 0.3 is 5.97 Å². The minimum absolute atomic E-state index is 0.0271. The molecule has 0 spiro atoms. The van der Waals surface area contributed by atoms with Crippen molar-refractivity contribution in [1.82, 2.24) is 15.1 Å². The lowest BCUT2D eigenvalue weighted by Crippen LogP contribution is -2.30.